The third-order valence-corrected chi connectivity index (χ3v) is 4.53. The first-order valence-electron chi connectivity index (χ1n) is 10.1. The number of nitrogens with zero attached hydrogens (tertiary/aromatic N) is 5. The molecule has 1 aliphatic rings. The Hall–Kier alpha value is -2.93. The number of halogens is 3. The van der Waals surface area contributed by atoms with E-state index in [0.717, 1.165) is 6.42 Å². The Kier molecular flexibility index (Phi) is 7.85. The molecule has 2 aromatic rings. The predicted octanol–water partition coefficient (Wildman–Crippen LogP) is 2.34. The van der Waals surface area contributed by atoms with Gasteiger partial charge in [-0.3, -0.25) is 10.1 Å². The van der Waals surface area contributed by atoms with Gasteiger partial charge >= 0.3 is 6.18 Å². The zero-order valence-corrected chi connectivity index (χ0v) is 17.9. The van der Waals surface area contributed by atoms with Crippen molar-refractivity contribution in [1.29, 1.82) is 0 Å². The maximum atomic E-state index is 13.4. The highest BCUT2D eigenvalue weighted by Crippen LogP contribution is 2.34. The van der Waals surface area contributed by atoms with Gasteiger partial charge in [0.05, 0.1) is 12.7 Å². The summed E-state index contributed by atoms with van der Waals surface area (Å²) in [7, 11) is 3.70. The molecular weight excluding hydrogens is 431 g/mol. The van der Waals surface area contributed by atoms with Crippen LogP contribution in [-0.4, -0.2) is 77.6 Å². The van der Waals surface area contributed by atoms with Crippen LogP contribution in [0.5, 0.6) is 0 Å². The Balaban J connectivity index is 1.63. The predicted molar refractivity (Wildman–Crippen MR) is 109 cm³/mol. The standard InChI is InChI=1S/C19H26F3N7O3/c1-28(2)11-15-24-10-14(32-15)26-18-25-9-13(19(20,21)22)17(27-18)23-5-3-6-29-7-4-8-31-12-16(29)30/h9-10H,3-8,11-12H2,1-2H3,(H2,23,25,26,27). The monoisotopic (exact) mass is 457 g/mol. The molecule has 1 aliphatic heterocycles. The topological polar surface area (TPSA) is 109 Å². The number of oxazole rings is 1. The highest BCUT2D eigenvalue weighted by molar-refractivity contribution is 5.77. The van der Waals surface area contributed by atoms with Gasteiger partial charge in [0.25, 0.3) is 0 Å². The minimum absolute atomic E-state index is 0.0322. The summed E-state index contributed by atoms with van der Waals surface area (Å²) in [5.74, 6) is 0.125. The molecule has 3 rings (SSSR count). The zero-order valence-electron chi connectivity index (χ0n) is 17.9. The van der Waals surface area contributed by atoms with Crippen molar-refractivity contribution in [1.82, 2.24) is 24.8 Å². The second-order valence-corrected chi connectivity index (χ2v) is 7.50. The summed E-state index contributed by atoms with van der Waals surface area (Å²) in [5.41, 5.74) is -0.979. The van der Waals surface area contributed by atoms with Gasteiger partial charge < -0.3 is 24.3 Å². The van der Waals surface area contributed by atoms with E-state index in [1.165, 1.54) is 6.20 Å². The first-order chi connectivity index (χ1) is 15.2. The number of aromatic nitrogens is 3. The van der Waals surface area contributed by atoms with Crippen molar-refractivity contribution in [3.8, 4) is 0 Å². The van der Waals surface area contributed by atoms with Crippen molar-refractivity contribution >= 4 is 23.6 Å². The van der Waals surface area contributed by atoms with Crippen LogP contribution in [0.4, 0.5) is 30.8 Å². The molecule has 0 unspecified atom stereocenters. The van der Waals surface area contributed by atoms with E-state index in [1.807, 2.05) is 19.0 Å². The van der Waals surface area contributed by atoms with Crippen LogP contribution >= 0.6 is 0 Å². The molecule has 13 heteroatoms. The Morgan fingerprint density at radius 2 is 2.06 bits per heavy atom. The molecule has 0 atom stereocenters. The molecule has 3 heterocycles. The highest BCUT2D eigenvalue weighted by atomic mass is 19.4. The van der Waals surface area contributed by atoms with Crippen molar-refractivity contribution in [2.75, 3.05) is 57.6 Å². The Bertz CT molecular complexity index is 905. The van der Waals surface area contributed by atoms with Gasteiger partial charge in [-0.2, -0.15) is 18.2 Å². The fourth-order valence-corrected chi connectivity index (χ4v) is 3.05. The number of carbonyl (C=O) groups is 1. The number of amides is 1. The molecule has 1 fully saturated rings. The summed E-state index contributed by atoms with van der Waals surface area (Å²) in [6, 6.07) is 0. The fraction of sp³-hybridized carbons (Fsp3) is 0.579. The molecule has 0 bridgehead atoms. The number of alkyl halides is 3. The molecule has 32 heavy (non-hydrogen) atoms. The molecule has 1 saturated heterocycles. The van der Waals surface area contributed by atoms with Crippen LogP contribution in [0.2, 0.25) is 0 Å². The Labute approximate surface area is 183 Å². The van der Waals surface area contributed by atoms with Gasteiger partial charge in [-0.1, -0.05) is 0 Å². The van der Waals surface area contributed by atoms with Gasteiger partial charge in [-0.15, -0.1) is 0 Å². The fourth-order valence-electron chi connectivity index (χ4n) is 3.05. The van der Waals surface area contributed by atoms with Gasteiger partial charge in [0, 0.05) is 32.4 Å². The minimum Gasteiger partial charge on any atom is -0.424 e. The zero-order chi connectivity index (χ0) is 23.1. The van der Waals surface area contributed by atoms with Crippen LogP contribution in [0, 0.1) is 0 Å². The lowest BCUT2D eigenvalue weighted by Crippen LogP contribution is -2.34. The van der Waals surface area contributed by atoms with Gasteiger partial charge in [-0.25, -0.2) is 9.97 Å². The Morgan fingerprint density at radius 1 is 1.25 bits per heavy atom. The molecule has 1 amide bonds. The van der Waals surface area contributed by atoms with E-state index >= 15 is 0 Å². The molecule has 2 aromatic heterocycles. The van der Waals surface area contributed by atoms with Gasteiger partial charge in [-0.05, 0) is 26.9 Å². The molecule has 176 valence electrons. The lowest BCUT2D eigenvalue weighted by atomic mass is 10.3. The Morgan fingerprint density at radius 3 is 2.81 bits per heavy atom. The SMILES string of the molecule is CN(C)Cc1ncc(Nc2ncc(C(F)(F)F)c(NCCCN3CCCOCC3=O)n2)o1. The van der Waals surface area contributed by atoms with Crippen molar-refractivity contribution in [3.63, 3.8) is 0 Å². The van der Waals surface area contributed by atoms with E-state index in [0.29, 0.717) is 44.7 Å². The molecule has 0 radical (unpaired) electrons. The molecule has 0 aromatic carbocycles. The number of carbonyl (C=O) groups excluding carboxylic acids is 1. The van der Waals surface area contributed by atoms with E-state index in [1.54, 1.807) is 4.90 Å². The highest BCUT2D eigenvalue weighted by Gasteiger charge is 2.35. The lowest BCUT2D eigenvalue weighted by molar-refractivity contribution is -0.137. The van der Waals surface area contributed by atoms with Gasteiger partial charge in [0.2, 0.25) is 23.6 Å². The van der Waals surface area contributed by atoms with Crippen LogP contribution in [0.3, 0.4) is 0 Å². The normalized spacial score (nSPS) is 15.2. The lowest BCUT2D eigenvalue weighted by Gasteiger charge is -2.20. The maximum Gasteiger partial charge on any atom is 0.421 e. The third-order valence-electron chi connectivity index (χ3n) is 4.53. The van der Waals surface area contributed by atoms with E-state index in [-0.39, 0.29) is 36.7 Å². The average molecular weight is 457 g/mol. The number of ether oxygens (including phenoxy) is 1. The largest absolute Gasteiger partial charge is 0.424 e. The number of hydrogen-bond acceptors (Lipinski definition) is 9. The molecular formula is C19H26F3N7O3. The summed E-state index contributed by atoms with van der Waals surface area (Å²) < 4.78 is 50.8. The number of nitrogens with one attached hydrogen (secondary N) is 2. The van der Waals surface area contributed by atoms with E-state index in [2.05, 4.69) is 25.6 Å². The summed E-state index contributed by atoms with van der Waals surface area (Å²) in [5, 5.41) is 5.44. The second kappa shape index (κ2) is 10.6. The number of hydrogen-bond donors (Lipinski definition) is 2. The summed E-state index contributed by atoms with van der Waals surface area (Å²) >= 11 is 0. The minimum atomic E-state index is -4.62. The summed E-state index contributed by atoms with van der Waals surface area (Å²) in [4.78, 5) is 27.2. The van der Waals surface area contributed by atoms with Crippen LogP contribution in [0.25, 0.3) is 0 Å². The molecule has 0 spiro atoms. The first-order valence-corrected chi connectivity index (χ1v) is 10.1. The molecule has 10 nitrogen and oxygen atoms in total. The smallest absolute Gasteiger partial charge is 0.421 e. The maximum absolute atomic E-state index is 13.4. The summed E-state index contributed by atoms with van der Waals surface area (Å²) in [6.45, 7) is 2.20. The van der Waals surface area contributed by atoms with E-state index < -0.39 is 11.7 Å². The van der Waals surface area contributed by atoms with E-state index in [9.17, 15) is 18.0 Å². The first kappa shape index (κ1) is 23.7. The molecule has 0 aliphatic carbocycles. The van der Waals surface area contributed by atoms with Crippen LogP contribution in [0.15, 0.2) is 16.8 Å². The van der Waals surface area contributed by atoms with Crippen LogP contribution in [0.1, 0.15) is 24.3 Å². The van der Waals surface area contributed by atoms with Gasteiger partial charge in [0.1, 0.15) is 18.0 Å². The van der Waals surface area contributed by atoms with Crippen molar-refractivity contribution in [2.24, 2.45) is 0 Å². The molecule has 0 saturated carbocycles. The van der Waals surface area contributed by atoms with Crippen molar-refractivity contribution < 1.29 is 27.1 Å². The number of rotatable bonds is 9. The van der Waals surface area contributed by atoms with Crippen molar-refractivity contribution in [3.05, 3.63) is 23.8 Å². The van der Waals surface area contributed by atoms with Crippen LogP contribution in [-0.2, 0) is 22.3 Å². The van der Waals surface area contributed by atoms with E-state index in [4.69, 9.17) is 9.15 Å². The molecule has 2 N–H and O–H groups in total. The third kappa shape index (κ3) is 6.79. The van der Waals surface area contributed by atoms with Crippen molar-refractivity contribution in [2.45, 2.75) is 25.6 Å². The quantitative estimate of drug-likeness (QED) is 0.549. The average Bonchev–Trinajstić information content (AvgIpc) is 3.03. The number of anilines is 3. The second-order valence-electron chi connectivity index (χ2n) is 7.50. The summed E-state index contributed by atoms with van der Waals surface area (Å²) in [6.07, 6.45) is -1.31. The van der Waals surface area contributed by atoms with Crippen LogP contribution < -0.4 is 10.6 Å². The van der Waals surface area contributed by atoms with Gasteiger partial charge in [0.15, 0.2) is 0 Å².